The number of carbonyl (C=O) groups excluding carboxylic acids is 2. The number of carbonyl (C=O) groups is 2. The first-order valence-electron chi connectivity index (χ1n) is 6.01. The lowest BCUT2D eigenvalue weighted by Gasteiger charge is -2.20. The third kappa shape index (κ3) is 3.61. The van der Waals surface area contributed by atoms with E-state index in [4.69, 9.17) is 0 Å². The van der Waals surface area contributed by atoms with Gasteiger partial charge in [-0.2, -0.15) is 0 Å². The van der Waals surface area contributed by atoms with Crippen molar-refractivity contribution < 1.29 is 9.59 Å². The molecule has 100 valence electrons. The summed E-state index contributed by atoms with van der Waals surface area (Å²) in [6.07, 6.45) is 1.65. The van der Waals surface area contributed by atoms with Crippen molar-refractivity contribution in [2.45, 2.75) is 13.8 Å². The normalized spacial score (nSPS) is 14.6. The Bertz CT molecular complexity index is 540. The molecule has 0 radical (unpaired) electrons. The monoisotopic (exact) mass is 276 g/mol. The van der Waals surface area contributed by atoms with Crippen LogP contribution in [0.5, 0.6) is 0 Å². The number of amides is 2. The summed E-state index contributed by atoms with van der Waals surface area (Å²) in [5.41, 5.74) is 2.96. The number of benzene rings is 1. The van der Waals surface area contributed by atoms with Crippen LogP contribution in [0.25, 0.3) is 0 Å². The molecule has 0 saturated heterocycles. The molecule has 0 atom stereocenters. The lowest BCUT2D eigenvalue weighted by atomic mass is 10.1. The molecule has 0 saturated carbocycles. The average Bonchev–Trinajstić information content (AvgIpc) is 2.36. The Morgan fingerprint density at radius 3 is 2.89 bits per heavy atom. The molecule has 1 aliphatic rings. The van der Waals surface area contributed by atoms with E-state index in [0.29, 0.717) is 5.75 Å². The highest BCUT2D eigenvalue weighted by atomic mass is 32.2. The Balaban J connectivity index is 1.99. The van der Waals surface area contributed by atoms with E-state index in [1.165, 1.54) is 16.7 Å². The van der Waals surface area contributed by atoms with Crippen molar-refractivity contribution in [2.75, 3.05) is 17.6 Å². The average molecular weight is 276 g/mol. The van der Waals surface area contributed by atoms with Gasteiger partial charge in [-0.05, 0) is 30.9 Å². The summed E-state index contributed by atoms with van der Waals surface area (Å²) in [7, 11) is 0. The fraction of sp³-hybridized carbons (Fsp3) is 0.286. The Hall–Kier alpha value is -1.75. The molecule has 1 heterocycles. The predicted octanol–water partition coefficient (Wildman–Crippen LogP) is 2.29. The number of nitrogens with one attached hydrogen (secondary N) is 1. The minimum absolute atomic E-state index is 0.0386. The van der Waals surface area contributed by atoms with E-state index < -0.39 is 0 Å². The zero-order valence-electron chi connectivity index (χ0n) is 11.0. The van der Waals surface area contributed by atoms with Crippen LogP contribution in [0, 0.1) is 13.8 Å². The van der Waals surface area contributed by atoms with Gasteiger partial charge in [0.25, 0.3) is 0 Å². The van der Waals surface area contributed by atoms with Crippen LogP contribution in [0.2, 0.25) is 0 Å². The van der Waals surface area contributed by atoms with E-state index in [1.54, 1.807) is 6.20 Å². The first kappa shape index (κ1) is 13.7. The number of nitrogens with zero attached hydrogens (tertiary/aromatic N) is 1. The van der Waals surface area contributed by atoms with Crippen LogP contribution in [0.3, 0.4) is 0 Å². The van der Waals surface area contributed by atoms with Gasteiger partial charge in [-0.3, -0.25) is 9.59 Å². The van der Waals surface area contributed by atoms with Gasteiger partial charge >= 0.3 is 0 Å². The van der Waals surface area contributed by atoms with Crippen LogP contribution < -0.4 is 5.32 Å². The van der Waals surface area contributed by atoms with E-state index in [1.807, 2.05) is 37.5 Å². The first-order valence-corrected chi connectivity index (χ1v) is 7.06. The standard InChI is InChI=1S/C14H16N2O2S/c1-10-3-4-12(11(2)7-10)15-13(17)8-16-5-6-19-9-14(16)18/h3-7H,8-9H2,1-2H3,(H,15,17). The molecule has 1 aliphatic heterocycles. The predicted molar refractivity (Wildman–Crippen MR) is 77.9 cm³/mol. The number of aryl methyl sites for hydroxylation is 2. The topological polar surface area (TPSA) is 49.4 Å². The van der Waals surface area contributed by atoms with Crippen LogP contribution >= 0.6 is 11.8 Å². The van der Waals surface area contributed by atoms with Crippen molar-refractivity contribution in [3.8, 4) is 0 Å². The largest absolute Gasteiger partial charge is 0.324 e. The van der Waals surface area contributed by atoms with E-state index in [2.05, 4.69) is 5.32 Å². The first-order chi connectivity index (χ1) is 9.06. The van der Waals surface area contributed by atoms with Crippen molar-refractivity contribution in [1.82, 2.24) is 4.90 Å². The molecule has 0 aliphatic carbocycles. The van der Waals surface area contributed by atoms with Gasteiger partial charge in [0.05, 0.1) is 5.75 Å². The minimum atomic E-state index is -0.183. The summed E-state index contributed by atoms with van der Waals surface area (Å²) >= 11 is 1.44. The maximum Gasteiger partial charge on any atom is 0.244 e. The summed E-state index contributed by atoms with van der Waals surface area (Å²) in [6.45, 7) is 4.02. The SMILES string of the molecule is Cc1ccc(NC(=O)CN2C=CSCC2=O)c(C)c1. The molecule has 0 aromatic heterocycles. The summed E-state index contributed by atoms with van der Waals surface area (Å²) in [4.78, 5) is 24.9. The lowest BCUT2D eigenvalue weighted by Crippen LogP contribution is -2.36. The van der Waals surface area contributed by atoms with Gasteiger partial charge in [0.15, 0.2) is 0 Å². The van der Waals surface area contributed by atoms with Gasteiger partial charge in [0.2, 0.25) is 11.8 Å². The summed E-state index contributed by atoms with van der Waals surface area (Å²) in [5, 5.41) is 4.66. The molecule has 0 bridgehead atoms. The zero-order valence-corrected chi connectivity index (χ0v) is 11.8. The molecule has 1 aromatic rings. The maximum absolute atomic E-state index is 11.9. The van der Waals surface area contributed by atoms with E-state index in [9.17, 15) is 9.59 Å². The maximum atomic E-state index is 11.9. The molecule has 0 unspecified atom stereocenters. The second-order valence-electron chi connectivity index (χ2n) is 4.48. The highest BCUT2D eigenvalue weighted by Gasteiger charge is 2.17. The second-order valence-corrected chi connectivity index (χ2v) is 5.38. The molecule has 5 heteroatoms. The molecule has 0 spiro atoms. The van der Waals surface area contributed by atoms with Crippen LogP contribution in [0.15, 0.2) is 29.8 Å². The van der Waals surface area contributed by atoms with Crippen molar-refractivity contribution in [3.63, 3.8) is 0 Å². The van der Waals surface area contributed by atoms with Gasteiger partial charge in [-0.1, -0.05) is 17.7 Å². The van der Waals surface area contributed by atoms with Gasteiger partial charge in [-0.25, -0.2) is 0 Å². The molecule has 4 nitrogen and oxygen atoms in total. The van der Waals surface area contributed by atoms with E-state index in [0.717, 1.165) is 16.8 Å². The van der Waals surface area contributed by atoms with Crippen molar-refractivity contribution in [2.24, 2.45) is 0 Å². The Labute approximate surface area is 116 Å². The second kappa shape index (κ2) is 5.93. The third-order valence-corrected chi connectivity index (χ3v) is 3.56. The molecule has 2 amide bonds. The van der Waals surface area contributed by atoms with Crippen LogP contribution in [-0.2, 0) is 9.59 Å². The van der Waals surface area contributed by atoms with Gasteiger partial charge in [0, 0.05) is 11.9 Å². The molecule has 1 N–H and O–H groups in total. The van der Waals surface area contributed by atoms with Crippen LogP contribution in [0.4, 0.5) is 5.69 Å². The summed E-state index contributed by atoms with van der Waals surface area (Å²) in [5.74, 6) is 0.174. The molecule has 0 fully saturated rings. The van der Waals surface area contributed by atoms with Crippen molar-refractivity contribution >= 4 is 29.3 Å². The number of rotatable bonds is 3. The van der Waals surface area contributed by atoms with Gasteiger partial charge < -0.3 is 10.2 Å². The molecular weight excluding hydrogens is 260 g/mol. The van der Waals surface area contributed by atoms with Crippen LogP contribution in [-0.4, -0.2) is 29.0 Å². The summed E-state index contributed by atoms with van der Waals surface area (Å²) < 4.78 is 0. The smallest absolute Gasteiger partial charge is 0.244 e. The summed E-state index contributed by atoms with van der Waals surface area (Å²) in [6, 6.07) is 5.84. The third-order valence-electron chi connectivity index (χ3n) is 2.83. The Kier molecular flexibility index (Phi) is 4.27. The van der Waals surface area contributed by atoms with Gasteiger partial charge in [0.1, 0.15) is 6.54 Å². The molecular formula is C14H16N2O2S. The Morgan fingerprint density at radius 2 is 2.21 bits per heavy atom. The molecule has 2 rings (SSSR count). The fourth-order valence-electron chi connectivity index (χ4n) is 1.84. The molecule has 19 heavy (non-hydrogen) atoms. The number of hydrogen-bond acceptors (Lipinski definition) is 3. The number of anilines is 1. The highest BCUT2D eigenvalue weighted by Crippen LogP contribution is 2.16. The van der Waals surface area contributed by atoms with Gasteiger partial charge in [-0.15, -0.1) is 11.8 Å². The fourth-order valence-corrected chi connectivity index (χ4v) is 2.48. The minimum Gasteiger partial charge on any atom is -0.324 e. The van der Waals surface area contributed by atoms with E-state index >= 15 is 0 Å². The number of hydrogen-bond donors (Lipinski definition) is 1. The quantitative estimate of drug-likeness (QED) is 0.921. The van der Waals surface area contributed by atoms with Crippen molar-refractivity contribution in [1.29, 1.82) is 0 Å². The lowest BCUT2D eigenvalue weighted by molar-refractivity contribution is -0.129. The molecule has 1 aromatic carbocycles. The van der Waals surface area contributed by atoms with E-state index in [-0.39, 0.29) is 18.4 Å². The van der Waals surface area contributed by atoms with Crippen molar-refractivity contribution in [3.05, 3.63) is 40.9 Å². The number of thioether (sulfide) groups is 1. The Morgan fingerprint density at radius 1 is 1.42 bits per heavy atom. The zero-order chi connectivity index (χ0) is 13.8. The highest BCUT2D eigenvalue weighted by molar-refractivity contribution is 8.02. The van der Waals surface area contributed by atoms with Crippen LogP contribution in [0.1, 0.15) is 11.1 Å².